The molecule has 2 aromatic rings. The van der Waals surface area contributed by atoms with E-state index in [4.69, 9.17) is 11.6 Å². The Hall–Kier alpha value is -1.81. The van der Waals surface area contributed by atoms with E-state index in [-0.39, 0.29) is 15.9 Å². The summed E-state index contributed by atoms with van der Waals surface area (Å²) in [7, 11) is 1.64. The van der Waals surface area contributed by atoms with Crippen LogP contribution in [-0.2, 0) is 0 Å². The van der Waals surface area contributed by atoms with Gasteiger partial charge in [0.05, 0.1) is 21.6 Å². The van der Waals surface area contributed by atoms with Crippen LogP contribution in [0.25, 0.3) is 16.5 Å². The second kappa shape index (κ2) is 5.67. The lowest BCUT2D eigenvalue weighted by Gasteiger charge is -2.11. The van der Waals surface area contributed by atoms with E-state index in [0.717, 1.165) is 11.6 Å². The Morgan fingerprint density at radius 1 is 1.35 bits per heavy atom. The topological polar surface area (TPSA) is 25.2 Å². The van der Waals surface area contributed by atoms with Crippen LogP contribution in [0.1, 0.15) is 18.2 Å². The van der Waals surface area contributed by atoms with E-state index in [2.05, 4.69) is 9.98 Å². The van der Waals surface area contributed by atoms with Crippen molar-refractivity contribution in [3.05, 3.63) is 46.1 Å². The van der Waals surface area contributed by atoms with Gasteiger partial charge in [-0.2, -0.15) is 0 Å². The monoisotopic (exact) mass is 294 g/mol. The van der Waals surface area contributed by atoms with Crippen LogP contribution in [-0.4, -0.2) is 18.2 Å². The van der Waals surface area contributed by atoms with E-state index >= 15 is 0 Å². The first-order valence-electron chi connectivity index (χ1n) is 6.03. The van der Waals surface area contributed by atoms with Crippen molar-refractivity contribution in [2.24, 2.45) is 4.99 Å². The Balaban J connectivity index is 2.86. The molecule has 1 aromatic heterocycles. The van der Waals surface area contributed by atoms with Gasteiger partial charge in [0.15, 0.2) is 0 Å². The Bertz CT molecular complexity index is 736. The van der Waals surface area contributed by atoms with Crippen LogP contribution < -0.4 is 0 Å². The van der Waals surface area contributed by atoms with Gasteiger partial charge < -0.3 is 0 Å². The third-order valence-electron chi connectivity index (χ3n) is 3.02. The van der Waals surface area contributed by atoms with Gasteiger partial charge in [0, 0.05) is 31.0 Å². The standard InChI is InChI=1S/C15H13ClF2N2/c1-4-9(7-19-3)15-8(2)14(16)13-11(18)5-10(17)6-12(13)20-15/h4-7H,1-3H3. The van der Waals surface area contributed by atoms with Gasteiger partial charge >= 0.3 is 0 Å². The Kier molecular flexibility index (Phi) is 4.14. The lowest BCUT2D eigenvalue weighted by Crippen LogP contribution is -1.99. The number of hydrogen-bond donors (Lipinski definition) is 0. The number of benzene rings is 1. The summed E-state index contributed by atoms with van der Waals surface area (Å²) < 4.78 is 27.2. The molecule has 0 radical (unpaired) electrons. The van der Waals surface area contributed by atoms with Gasteiger partial charge in [0.25, 0.3) is 0 Å². The molecule has 1 heterocycles. The molecule has 0 aliphatic carbocycles. The van der Waals surface area contributed by atoms with Gasteiger partial charge in [-0.25, -0.2) is 13.8 Å². The van der Waals surface area contributed by atoms with Gasteiger partial charge in [-0.15, -0.1) is 0 Å². The number of nitrogens with zero attached hydrogens (tertiary/aromatic N) is 2. The summed E-state index contributed by atoms with van der Waals surface area (Å²) in [5.74, 6) is -1.39. The smallest absolute Gasteiger partial charge is 0.137 e. The van der Waals surface area contributed by atoms with Crippen LogP contribution in [0.4, 0.5) is 8.78 Å². The number of halogens is 3. The maximum Gasteiger partial charge on any atom is 0.137 e. The number of fused-ring (bicyclic) bond motifs is 1. The Morgan fingerprint density at radius 2 is 2.05 bits per heavy atom. The molecule has 0 bridgehead atoms. The molecule has 0 aliphatic rings. The highest BCUT2D eigenvalue weighted by Crippen LogP contribution is 2.32. The van der Waals surface area contributed by atoms with Gasteiger partial charge in [0.2, 0.25) is 0 Å². The van der Waals surface area contributed by atoms with Crippen molar-refractivity contribution in [1.29, 1.82) is 0 Å². The van der Waals surface area contributed by atoms with Gasteiger partial charge in [0.1, 0.15) is 11.6 Å². The molecule has 0 spiro atoms. The number of aliphatic imine (C=N–C) groups is 1. The molecule has 0 fully saturated rings. The number of hydrogen-bond acceptors (Lipinski definition) is 2. The summed E-state index contributed by atoms with van der Waals surface area (Å²) in [5, 5.41) is 0.379. The minimum Gasteiger partial charge on any atom is -0.296 e. The zero-order valence-electron chi connectivity index (χ0n) is 11.3. The first-order chi connectivity index (χ1) is 9.49. The lowest BCUT2D eigenvalue weighted by atomic mass is 10.0. The van der Waals surface area contributed by atoms with Crippen LogP contribution in [0.15, 0.2) is 23.2 Å². The van der Waals surface area contributed by atoms with Gasteiger partial charge in [-0.05, 0) is 19.4 Å². The lowest BCUT2D eigenvalue weighted by molar-refractivity contribution is 0.591. The molecule has 5 heteroatoms. The highest BCUT2D eigenvalue weighted by molar-refractivity contribution is 6.36. The molecule has 2 rings (SSSR count). The molecule has 0 unspecified atom stereocenters. The second-order valence-electron chi connectivity index (χ2n) is 4.31. The van der Waals surface area contributed by atoms with Crippen molar-refractivity contribution < 1.29 is 8.78 Å². The molecule has 0 atom stereocenters. The molecular weight excluding hydrogens is 282 g/mol. The maximum absolute atomic E-state index is 13.8. The second-order valence-corrected chi connectivity index (χ2v) is 4.69. The summed E-state index contributed by atoms with van der Waals surface area (Å²) >= 11 is 6.22. The Morgan fingerprint density at radius 3 is 2.65 bits per heavy atom. The van der Waals surface area contributed by atoms with E-state index in [1.54, 1.807) is 20.2 Å². The largest absolute Gasteiger partial charge is 0.296 e. The third-order valence-corrected chi connectivity index (χ3v) is 3.50. The van der Waals surface area contributed by atoms with Crippen molar-refractivity contribution in [1.82, 2.24) is 4.98 Å². The minimum atomic E-state index is -0.710. The van der Waals surface area contributed by atoms with Crippen molar-refractivity contribution in [2.75, 3.05) is 7.05 Å². The predicted octanol–water partition coefficient (Wildman–Crippen LogP) is 4.58. The van der Waals surface area contributed by atoms with E-state index in [9.17, 15) is 8.78 Å². The maximum atomic E-state index is 13.8. The normalized spacial score (nSPS) is 12.6. The fraction of sp³-hybridized carbons (Fsp3) is 0.200. The molecule has 1 aromatic carbocycles. The fourth-order valence-electron chi connectivity index (χ4n) is 2.05. The zero-order valence-corrected chi connectivity index (χ0v) is 12.1. The highest BCUT2D eigenvalue weighted by Gasteiger charge is 2.16. The van der Waals surface area contributed by atoms with Crippen LogP contribution in [0.2, 0.25) is 5.02 Å². The van der Waals surface area contributed by atoms with Crippen molar-refractivity contribution >= 4 is 34.3 Å². The SMILES string of the molecule is CC=C(C=NC)c1nc2cc(F)cc(F)c2c(Cl)c1C. The van der Waals surface area contributed by atoms with Crippen molar-refractivity contribution in [3.8, 4) is 0 Å². The van der Waals surface area contributed by atoms with E-state index in [1.807, 2.05) is 13.0 Å². The summed E-state index contributed by atoms with van der Waals surface area (Å²) in [4.78, 5) is 8.27. The number of rotatable bonds is 2. The highest BCUT2D eigenvalue weighted by atomic mass is 35.5. The van der Waals surface area contributed by atoms with Gasteiger partial charge in [-0.3, -0.25) is 4.99 Å². The van der Waals surface area contributed by atoms with Crippen LogP contribution in [0.5, 0.6) is 0 Å². The zero-order chi connectivity index (χ0) is 14.9. The molecule has 0 amide bonds. The molecule has 0 aliphatic heterocycles. The first kappa shape index (κ1) is 14.6. The number of pyridine rings is 1. The van der Waals surface area contributed by atoms with Crippen LogP contribution >= 0.6 is 11.6 Å². The Labute approximate surface area is 120 Å². The van der Waals surface area contributed by atoms with Crippen molar-refractivity contribution in [2.45, 2.75) is 13.8 Å². The molecule has 0 saturated carbocycles. The quantitative estimate of drug-likeness (QED) is 0.744. The molecular formula is C15H13ClF2N2. The molecule has 0 N–H and O–H groups in total. The molecule has 20 heavy (non-hydrogen) atoms. The molecule has 104 valence electrons. The van der Waals surface area contributed by atoms with Crippen LogP contribution in [0.3, 0.4) is 0 Å². The third kappa shape index (κ3) is 2.43. The fourth-order valence-corrected chi connectivity index (χ4v) is 2.33. The summed E-state index contributed by atoms with van der Waals surface area (Å²) in [6.07, 6.45) is 3.45. The van der Waals surface area contributed by atoms with E-state index in [1.165, 1.54) is 6.07 Å². The van der Waals surface area contributed by atoms with E-state index < -0.39 is 11.6 Å². The first-order valence-corrected chi connectivity index (χ1v) is 6.41. The average molecular weight is 295 g/mol. The van der Waals surface area contributed by atoms with Gasteiger partial charge in [-0.1, -0.05) is 17.7 Å². The average Bonchev–Trinajstić information content (AvgIpc) is 2.39. The number of allylic oxidation sites excluding steroid dienone is 2. The minimum absolute atomic E-state index is 0.137. The molecule has 0 saturated heterocycles. The van der Waals surface area contributed by atoms with Crippen LogP contribution in [0, 0.1) is 18.6 Å². The summed E-state index contributed by atoms with van der Waals surface area (Å²) in [6, 6.07) is 1.97. The summed E-state index contributed by atoms with van der Waals surface area (Å²) in [6.45, 7) is 3.59. The summed E-state index contributed by atoms with van der Waals surface area (Å²) in [5.41, 5.74) is 2.15. The van der Waals surface area contributed by atoms with E-state index in [0.29, 0.717) is 11.3 Å². The van der Waals surface area contributed by atoms with Crippen molar-refractivity contribution in [3.63, 3.8) is 0 Å². The molecule has 2 nitrogen and oxygen atoms in total. The number of aromatic nitrogens is 1. The predicted molar refractivity (Wildman–Crippen MR) is 79.5 cm³/mol.